The van der Waals surface area contributed by atoms with Gasteiger partial charge in [-0.15, -0.1) is 0 Å². The molecule has 1 aromatic carbocycles. The van der Waals surface area contributed by atoms with Crippen molar-refractivity contribution in [2.45, 2.75) is 0 Å². The van der Waals surface area contributed by atoms with Crippen molar-refractivity contribution < 1.29 is 27.0 Å². The van der Waals surface area contributed by atoms with Gasteiger partial charge >= 0.3 is 17.1 Å². The third-order valence-corrected chi connectivity index (χ3v) is 3.13. The number of ketones is 1. The van der Waals surface area contributed by atoms with E-state index in [-0.39, 0.29) is 34.2 Å². The van der Waals surface area contributed by atoms with Gasteiger partial charge in [0.05, 0.1) is 5.56 Å². The van der Waals surface area contributed by atoms with Crippen molar-refractivity contribution in [1.29, 1.82) is 0 Å². The zero-order valence-electron chi connectivity index (χ0n) is 12.2. The first-order valence-electron chi connectivity index (χ1n) is 6.76. The van der Waals surface area contributed by atoms with Crippen molar-refractivity contribution in [3.05, 3.63) is 105 Å². The van der Waals surface area contributed by atoms with Crippen molar-refractivity contribution >= 4 is 17.4 Å². The maximum Gasteiger partial charge on any atom is 2.00 e. The second-order valence-corrected chi connectivity index (χ2v) is 4.98. The Morgan fingerprint density at radius 2 is 1.52 bits per heavy atom. The number of benzene rings is 1. The predicted octanol–water partition coefficient (Wildman–Crippen LogP) is 4.21. The Balaban J connectivity index is 0.000000377. The van der Waals surface area contributed by atoms with Gasteiger partial charge in [-0.1, -0.05) is 17.7 Å². The van der Waals surface area contributed by atoms with Crippen LogP contribution in [0.4, 0.5) is 0 Å². The van der Waals surface area contributed by atoms with E-state index in [1.54, 1.807) is 6.08 Å². The average molecular weight is 367 g/mol. The number of phenolic OH excluding ortho intramolecular Hbond substituents is 1. The quantitative estimate of drug-likeness (QED) is 0.494. The first kappa shape index (κ1) is 20.3. The minimum absolute atomic E-state index is 0. The molecular weight excluding hydrogens is 352 g/mol. The van der Waals surface area contributed by atoms with E-state index in [4.69, 9.17) is 11.6 Å². The van der Waals surface area contributed by atoms with Crippen molar-refractivity contribution in [2.24, 2.45) is 0 Å². The van der Waals surface area contributed by atoms with Crippen LogP contribution in [0.25, 0.3) is 0 Å². The number of hydrogen-bond donors (Lipinski definition) is 1. The molecule has 0 amide bonds. The molecule has 2 aliphatic rings. The SMILES string of the molecule is O=C(/C=C/[C]1[CH][CH][CH][CH]1)c1cc(Cl)ccc1O.[CH]1[CH][CH][CH][CH]1.[Fe+2]. The molecule has 2 fully saturated rings. The van der Waals surface area contributed by atoms with Crippen LogP contribution >= 0.6 is 11.6 Å². The molecule has 0 aliphatic heterocycles. The summed E-state index contributed by atoms with van der Waals surface area (Å²) < 4.78 is 0. The summed E-state index contributed by atoms with van der Waals surface area (Å²) in [5.74, 6) is 0.609. The standard InChI is InChI=1S/C14H10ClO2.C5H5.Fe/c15-11-6-8-14(17)12(9-11)13(16)7-5-10-3-1-2-4-10;1-2-4-5-3-1;/h1-9,17H;1-5H;/q;;+2/b7-5+;;. The molecule has 23 heavy (non-hydrogen) atoms. The number of rotatable bonds is 3. The molecule has 0 saturated heterocycles. The number of aromatic hydroxyl groups is 1. The van der Waals surface area contributed by atoms with Gasteiger partial charge in [0.2, 0.25) is 0 Å². The van der Waals surface area contributed by atoms with Crippen LogP contribution in [0.2, 0.25) is 5.02 Å². The summed E-state index contributed by atoms with van der Waals surface area (Å²) in [7, 11) is 0. The van der Waals surface area contributed by atoms with E-state index in [9.17, 15) is 9.90 Å². The van der Waals surface area contributed by atoms with Crippen LogP contribution < -0.4 is 0 Å². The van der Waals surface area contributed by atoms with Crippen LogP contribution in [-0.2, 0) is 17.1 Å². The largest absolute Gasteiger partial charge is 2.00 e. The second kappa shape index (κ2) is 10.9. The molecular formula is C19H15ClFeO2+2. The summed E-state index contributed by atoms with van der Waals surface area (Å²) in [5, 5.41) is 9.97. The van der Waals surface area contributed by atoms with Crippen LogP contribution in [0.5, 0.6) is 5.75 Å². The fraction of sp³-hybridized carbons (Fsp3) is 0. The van der Waals surface area contributed by atoms with E-state index in [0.29, 0.717) is 5.02 Å². The van der Waals surface area contributed by atoms with Gasteiger partial charge in [-0.3, -0.25) is 4.79 Å². The zero-order valence-corrected chi connectivity index (χ0v) is 14.0. The van der Waals surface area contributed by atoms with Gasteiger partial charge in [0.15, 0.2) is 5.78 Å². The molecule has 0 spiro atoms. The van der Waals surface area contributed by atoms with E-state index in [1.165, 1.54) is 24.3 Å². The smallest absolute Gasteiger partial charge is 0.507 e. The van der Waals surface area contributed by atoms with Gasteiger partial charge in [0, 0.05) is 10.9 Å². The van der Waals surface area contributed by atoms with Crippen LogP contribution in [0, 0.1) is 63.7 Å². The molecule has 0 bridgehead atoms. The van der Waals surface area contributed by atoms with E-state index >= 15 is 0 Å². The maximum absolute atomic E-state index is 11.8. The summed E-state index contributed by atoms with van der Waals surface area (Å²) in [6.07, 6.45) is 20.7. The van der Waals surface area contributed by atoms with Crippen molar-refractivity contribution in [3.8, 4) is 5.75 Å². The molecule has 0 atom stereocenters. The predicted molar refractivity (Wildman–Crippen MR) is 88.5 cm³/mol. The van der Waals surface area contributed by atoms with Crippen molar-refractivity contribution in [3.63, 3.8) is 0 Å². The Labute approximate surface area is 154 Å². The third-order valence-electron chi connectivity index (χ3n) is 2.90. The van der Waals surface area contributed by atoms with E-state index in [1.807, 2.05) is 57.8 Å². The van der Waals surface area contributed by atoms with Crippen LogP contribution in [0.1, 0.15) is 10.4 Å². The Kier molecular flexibility index (Phi) is 9.62. The fourth-order valence-corrected chi connectivity index (χ4v) is 1.96. The molecule has 4 heteroatoms. The first-order chi connectivity index (χ1) is 10.7. The topological polar surface area (TPSA) is 37.3 Å². The van der Waals surface area contributed by atoms with Crippen molar-refractivity contribution in [1.82, 2.24) is 0 Å². The maximum atomic E-state index is 11.8. The normalized spacial score (nSPS) is 17.6. The van der Waals surface area contributed by atoms with E-state index in [0.717, 1.165) is 5.92 Å². The monoisotopic (exact) mass is 366 g/mol. The van der Waals surface area contributed by atoms with Gasteiger partial charge in [0.25, 0.3) is 0 Å². The van der Waals surface area contributed by atoms with Gasteiger partial charge in [-0.25, -0.2) is 0 Å². The summed E-state index contributed by atoms with van der Waals surface area (Å²) in [6.45, 7) is 0. The molecule has 1 N–H and O–H groups in total. The van der Waals surface area contributed by atoms with E-state index in [2.05, 4.69) is 0 Å². The molecule has 0 aromatic heterocycles. The summed E-state index contributed by atoms with van der Waals surface area (Å²) >= 11 is 5.77. The molecule has 10 radical (unpaired) electrons. The number of phenols is 1. The minimum Gasteiger partial charge on any atom is -0.507 e. The van der Waals surface area contributed by atoms with Crippen LogP contribution in [-0.4, -0.2) is 10.9 Å². The number of allylic oxidation sites excluding steroid dienone is 2. The van der Waals surface area contributed by atoms with Gasteiger partial charge in [-0.2, -0.15) is 0 Å². The third kappa shape index (κ3) is 7.12. The molecule has 2 saturated carbocycles. The fourth-order valence-electron chi connectivity index (χ4n) is 1.79. The number of hydrogen-bond acceptors (Lipinski definition) is 2. The molecule has 116 valence electrons. The number of carbonyl (C=O) groups is 1. The Morgan fingerprint density at radius 3 is 2.09 bits per heavy atom. The van der Waals surface area contributed by atoms with Gasteiger partial charge < -0.3 is 5.11 Å². The first-order valence-corrected chi connectivity index (χ1v) is 7.14. The van der Waals surface area contributed by atoms with Crippen molar-refractivity contribution in [2.75, 3.05) is 0 Å². The van der Waals surface area contributed by atoms with Crippen LogP contribution in [0.3, 0.4) is 0 Å². The molecule has 0 heterocycles. The second-order valence-electron chi connectivity index (χ2n) is 4.54. The molecule has 1 aromatic rings. The average Bonchev–Trinajstić information content (AvgIpc) is 3.23. The van der Waals surface area contributed by atoms with Gasteiger partial charge in [0.1, 0.15) is 5.75 Å². The Hall–Kier alpha value is -0.761. The van der Waals surface area contributed by atoms with Gasteiger partial charge in [-0.05, 0) is 82.1 Å². The Bertz CT molecular complexity index is 510. The van der Waals surface area contributed by atoms with E-state index < -0.39 is 0 Å². The molecule has 0 unspecified atom stereocenters. The summed E-state index contributed by atoms with van der Waals surface area (Å²) in [4.78, 5) is 11.8. The molecule has 2 nitrogen and oxygen atoms in total. The minimum atomic E-state index is -0.272. The number of halogens is 1. The Morgan fingerprint density at radius 1 is 0.957 bits per heavy atom. The summed E-state index contributed by atoms with van der Waals surface area (Å²) in [6, 6.07) is 4.40. The zero-order chi connectivity index (χ0) is 15.8. The number of carbonyl (C=O) groups excluding carboxylic acids is 1. The molecule has 2 aliphatic carbocycles. The van der Waals surface area contributed by atoms with Crippen LogP contribution in [0.15, 0.2) is 30.4 Å². The summed E-state index contributed by atoms with van der Waals surface area (Å²) in [5.41, 5.74) is 0.209. The molecule has 3 rings (SSSR count).